The number of hydrogen-bond donors (Lipinski definition) is 11. The van der Waals surface area contributed by atoms with Gasteiger partial charge < -0.3 is 77.2 Å². The number of phenolic OH excluding ortho intramolecular Hbond substituents is 1. The Balaban J connectivity index is 1.43. The summed E-state index contributed by atoms with van der Waals surface area (Å²) in [4.78, 5) is 61.5. The lowest BCUT2D eigenvalue weighted by atomic mass is 9.75. The molecule has 1 saturated heterocycles. The van der Waals surface area contributed by atoms with Gasteiger partial charge in [0.05, 0.1) is 49.2 Å². The molecule has 14 N–H and O–H groups in total. The molecule has 4 bridgehead atoms. The molecule has 0 spiro atoms. The molecule has 0 radical (unpaired) electrons. The van der Waals surface area contributed by atoms with Gasteiger partial charge in [-0.1, -0.05) is 60.4 Å². The highest BCUT2D eigenvalue weighted by Gasteiger charge is 2.56. The average molecular weight is 1060 g/mol. The number of carbonyl (C=O) groups excluding carboxylic acids is 4. The highest BCUT2D eigenvalue weighted by molar-refractivity contribution is 6.32. The van der Waals surface area contributed by atoms with Crippen LogP contribution >= 0.6 is 0 Å². The number of phenols is 1. The summed E-state index contributed by atoms with van der Waals surface area (Å²) in [6, 6.07) is 12.4. The lowest BCUT2D eigenvalue weighted by Gasteiger charge is -2.46. The topological polar surface area (TPSA) is 349 Å². The zero-order valence-electron chi connectivity index (χ0n) is 43.0. The van der Waals surface area contributed by atoms with Crippen LogP contribution in [0, 0.1) is 17.8 Å². The van der Waals surface area contributed by atoms with Crippen LogP contribution in [0.3, 0.4) is 0 Å². The Kier molecular flexibility index (Phi) is 17.1. The molecule has 2 fully saturated rings. The Morgan fingerprint density at radius 2 is 1.74 bits per heavy atom. The zero-order chi connectivity index (χ0) is 55.5. The smallest absolute Gasteiger partial charge is 0.308 e. The van der Waals surface area contributed by atoms with Crippen molar-refractivity contribution in [3.8, 4) is 29.1 Å². The van der Waals surface area contributed by atoms with E-state index in [0.717, 1.165) is 12.5 Å². The first-order valence-electron chi connectivity index (χ1n) is 25.5. The number of aromatic hydroxyl groups is 1. The molecular weight excluding hydrogens is 995 g/mol. The van der Waals surface area contributed by atoms with E-state index in [1.165, 1.54) is 19.1 Å². The van der Waals surface area contributed by atoms with E-state index in [1.807, 2.05) is 12.1 Å². The summed E-state index contributed by atoms with van der Waals surface area (Å²) in [5, 5.41) is 84.7. The minimum Gasteiger partial charge on any atom is -0.507 e. The highest BCUT2D eigenvalue weighted by atomic mass is 16.7. The Morgan fingerprint density at radius 1 is 0.987 bits per heavy atom. The molecule has 3 aliphatic carbocycles. The summed E-state index contributed by atoms with van der Waals surface area (Å²) in [7, 11) is 1.81. The van der Waals surface area contributed by atoms with Gasteiger partial charge in [0.15, 0.2) is 29.9 Å². The zero-order valence-corrected chi connectivity index (χ0v) is 43.0. The molecule has 1 heterocycles. The maximum Gasteiger partial charge on any atom is 0.308 e. The SMILES string of the molecule is CNC[C@H]1CC[C@@](O)(c2cccc(Cc3c(O)c4c5c(c3O[C@H]3O[C@@H](C)[C@@H](O)C(O)(O)[C@H]3OCCN=C(N)N)CC#C[C@H](N)CC[C@@H](O)Cc3cccc(c3)/C=C/c3c(OC(C)=O)cc(CO)c(c3C5=O)C4=O)c2C=O)C1. The quantitative estimate of drug-likeness (QED) is 0.0110. The van der Waals surface area contributed by atoms with Gasteiger partial charge in [-0.3, -0.25) is 24.2 Å². The molecule has 1 aliphatic heterocycles. The third-order valence-electron chi connectivity index (χ3n) is 14.7. The Hall–Kier alpha value is -6.87. The first-order chi connectivity index (χ1) is 36.7. The fraction of sp³-hybridized carbons (Fsp3) is 0.421. The predicted molar refractivity (Wildman–Crippen MR) is 281 cm³/mol. The van der Waals surface area contributed by atoms with Crippen molar-refractivity contribution in [2.45, 2.75) is 120 Å². The molecule has 4 aromatic rings. The predicted octanol–water partition coefficient (Wildman–Crippen LogP) is 1.76. The third kappa shape index (κ3) is 11.6. The van der Waals surface area contributed by atoms with E-state index in [0.29, 0.717) is 43.2 Å². The van der Waals surface area contributed by atoms with E-state index >= 15 is 9.59 Å². The van der Waals surface area contributed by atoms with Crippen LogP contribution in [0.2, 0.25) is 0 Å². The Morgan fingerprint density at radius 3 is 2.45 bits per heavy atom. The number of aliphatic hydroxyl groups is 6. The summed E-state index contributed by atoms with van der Waals surface area (Å²) in [6.45, 7) is 1.65. The molecule has 8 atom stereocenters. The van der Waals surface area contributed by atoms with E-state index in [2.05, 4.69) is 22.2 Å². The minimum absolute atomic E-state index is 0.0553. The van der Waals surface area contributed by atoms with Gasteiger partial charge in [0.25, 0.3) is 0 Å². The number of aliphatic hydroxyl groups excluding tert-OH is 3. The number of carbonyl (C=O) groups is 4. The van der Waals surface area contributed by atoms with Crippen molar-refractivity contribution in [3.05, 3.63) is 121 Å². The van der Waals surface area contributed by atoms with Crippen molar-refractivity contribution in [3.63, 3.8) is 0 Å². The second-order valence-corrected chi connectivity index (χ2v) is 20.1. The summed E-state index contributed by atoms with van der Waals surface area (Å²) in [5.74, 6) is -1.44. The molecule has 20 heteroatoms. The van der Waals surface area contributed by atoms with E-state index in [4.69, 9.17) is 36.1 Å². The van der Waals surface area contributed by atoms with Crippen LogP contribution in [0.5, 0.6) is 17.2 Å². The molecule has 4 aromatic carbocycles. The third-order valence-corrected chi connectivity index (χ3v) is 14.7. The normalized spacial score (nSPS) is 25.1. The highest BCUT2D eigenvalue weighted by Crippen LogP contribution is 2.50. The summed E-state index contributed by atoms with van der Waals surface area (Å²) < 4.78 is 24.4. The van der Waals surface area contributed by atoms with E-state index in [-0.39, 0.29) is 87.9 Å². The van der Waals surface area contributed by atoms with Crippen LogP contribution in [0.25, 0.3) is 12.2 Å². The van der Waals surface area contributed by atoms with Crippen molar-refractivity contribution < 1.29 is 73.9 Å². The maximum atomic E-state index is 15.9. The number of nitrogens with two attached hydrogens (primary N) is 3. The van der Waals surface area contributed by atoms with Crippen molar-refractivity contribution in [2.24, 2.45) is 28.1 Å². The molecule has 408 valence electrons. The van der Waals surface area contributed by atoms with Gasteiger partial charge in [-0.2, -0.15) is 0 Å². The van der Waals surface area contributed by atoms with Gasteiger partial charge in [0, 0.05) is 58.7 Å². The Labute approximate surface area is 444 Å². The van der Waals surface area contributed by atoms with Crippen LogP contribution < -0.4 is 32.0 Å². The molecule has 0 aromatic heterocycles. The minimum atomic E-state index is -3.11. The fourth-order valence-electron chi connectivity index (χ4n) is 11.0. The number of nitrogens with zero attached hydrogens (tertiary/aromatic N) is 1. The lowest BCUT2D eigenvalue weighted by Crippen LogP contribution is -2.67. The van der Waals surface area contributed by atoms with Gasteiger partial charge in [0.1, 0.15) is 23.4 Å². The van der Waals surface area contributed by atoms with Crippen LogP contribution in [-0.2, 0) is 45.7 Å². The van der Waals surface area contributed by atoms with Gasteiger partial charge in [-0.25, -0.2) is 0 Å². The molecule has 1 saturated carbocycles. The van der Waals surface area contributed by atoms with E-state index < -0.39 is 114 Å². The number of benzene rings is 4. The van der Waals surface area contributed by atoms with Gasteiger partial charge in [0.2, 0.25) is 12.1 Å². The van der Waals surface area contributed by atoms with Gasteiger partial charge in [-0.15, -0.1) is 0 Å². The van der Waals surface area contributed by atoms with Gasteiger partial charge in [-0.05, 0) is 105 Å². The van der Waals surface area contributed by atoms with Crippen molar-refractivity contribution in [1.82, 2.24) is 5.32 Å². The number of rotatable bonds is 14. The monoisotopic (exact) mass is 1060 g/mol. The molecule has 77 heavy (non-hydrogen) atoms. The van der Waals surface area contributed by atoms with Crippen molar-refractivity contribution in [1.29, 1.82) is 0 Å². The van der Waals surface area contributed by atoms with Crippen LogP contribution in [0.15, 0.2) is 53.5 Å². The molecule has 4 aliphatic rings. The van der Waals surface area contributed by atoms with Gasteiger partial charge >= 0.3 is 5.97 Å². The maximum absolute atomic E-state index is 15.9. The number of aliphatic imine (C=N–C) groups is 1. The number of ketones is 2. The number of fused-ring (bicyclic) bond motifs is 2. The van der Waals surface area contributed by atoms with E-state index in [9.17, 15) is 45.3 Å². The first-order valence-corrected chi connectivity index (χ1v) is 25.5. The number of nitrogens with one attached hydrogen (secondary N) is 1. The Bertz CT molecular complexity index is 3090. The first kappa shape index (κ1) is 56.3. The lowest BCUT2D eigenvalue weighted by molar-refractivity contribution is -0.378. The van der Waals surface area contributed by atoms with Crippen molar-refractivity contribution >= 4 is 41.9 Å². The number of esters is 1. The largest absolute Gasteiger partial charge is 0.507 e. The summed E-state index contributed by atoms with van der Waals surface area (Å²) >= 11 is 0. The number of hydrogen-bond acceptors (Lipinski definition) is 18. The molecule has 0 unspecified atom stereocenters. The second-order valence-electron chi connectivity index (χ2n) is 20.1. The number of aldehydes is 1. The van der Waals surface area contributed by atoms with Crippen LogP contribution in [0.4, 0.5) is 0 Å². The number of guanidine groups is 1. The summed E-state index contributed by atoms with van der Waals surface area (Å²) in [6.07, 6.45) is -3.35. The average Bonchev–Trinajstić information content (AvgIpc) is 3.96. The summed E-state index contributed by atoms with van der Waals surface area (Å²) in [5.41, 5.74) is 15.9. The molecular formula is C57H65N5O15. The fourth-order valence-corrected chi connectivity index (χ4v) is 11.0. The van der Waals surface area contributed by atoms with Crippen LogP contribution in [-0.4, -0.2) is 135 Å². The molecule has 20 nitrogen and oxygen atoms in total. The second kappa shape index (κ2) is 23.4. The number of ether oxygens (including phenoxy) is 4. The van der Waals surface area contributed by atoms with Crippen molar-refractivity contribution in [2.75, 3.05) is 26.7 Å². The standard InChI is InChI=1S/C57H65N5O15/c1-29-52(70)57(72,73)53(74-20-19-62-55(59)60)54(75-29)77-51-39-11-6-10-36(58)14-15-37(66)22-32-8-4-7-31(21-32)13-16-38-43(76-30(2)65)24-35(27-63)44-45(38)50(69)46(39)47(49(44)68)48(67)40(51)23-34-9-5-12-42(41(34)28-64)56(71)18-17-33(25-56)26-61-3/h4-5,7-9,12-13,16,21,24,28-29,33,36-37,52-54,61,63,66-67,70-73H,11,14-15,17-20,22-23,25-27,58H2,1-3H3,(H4,59,60,62)/b16-13+/t29-,33-,36-,37+,52+,53-,54+,56-/m0/s1. The van der Waals surface area contributed by atoms with E-state index in [1.54, 1.807) is 43.5 Å². The van der Waals surface area contributed by atoms with Crippen LogP contribution in [0.1, 0.15) is 133 Å². The molecule has 8 rings (SSSR count). The molecule has 0 amide bonds.